The predicted octanol–water partition coefficient (Wildman–Crippen LogP) is 2.49. The lowest BCUT2D eigenvalue weighted by atomic mass is 10.2. The van der Waals surface area contributed by atoms with E-state index in [9.17, 15) is 9.18 Å². The molecule has 1 amide bonds. The van der Waals surface area contributed by atoms with Crippen LogP contribution in [0.3, 0.4) is 0 Å². The van der Waals surface area contributed by atoms with Gasteiger partial charge in [0.15, 0.2) is 5.13 Å². The van der Waals surface area contributed by atoms with Crippen LogP contribution in [0.5, 0.6) is 0 Å². The second-order valence-corrected chi connectivity index (χ2v) is 5.50. The maximum Gasteiger partial charge on any atom is 0.269 e. The van der Waals surface area contributed by atoms with Crippen LogP contribution in [0.15, 0.2) is 18.2 Å². The van der Waals surface area contributed by atoms with E-state index in [2.05, 4.69) is 10.3 Å². The second kappa shape index (κ2) is 5.46. The maximum atomic E-state index is 13.4. The fraction of sp³-hybridized carbons (Fsp3) is 0.231. The number of nitrogens with two attached hydrogens (primary N) is 1. The molecule has 0 spiro atoms. The van der Waals surface area contributed by atoms with Crippen LogP contribution in [0.25, 0.3) is 0 Å². The van der Waals surface area contributed by atoms with Gasteiger partial charge in [0.2, 0.25) is 0 Å². The number of nitrogens with one attached hydrogen (secondary N) is 1. The molecule has 20 heavy (non-hydrogen) atoms. The molecule has 2 rings (SSSR count). The third-order valence-corrected chi connectivity index (χ3v) is 3.90. The van der Waals surface area contributed by atoms with Gasteiger partial charge in [0.25, 0.3) is 5.91 Å². The van der Waals surface area contributed by atoms with Crippen molar-refractivity contribution in [3.05, 3.63) is 34.5 Å². The predicted molar refractivity (Wildman–Crippen MR) is 79.9 cm³/mol. The summed E-state index contributed by atoms with van der Waals surface area (Å²) in [7, 11) is 3.63. The Morgan fingerprint density at radius 2 is 2.15 bits per heavy atom. The van der Waals surface area contributed by atoms with Crippen LogP contribution >= 0.6 is 11.3 Å². The van der Waals surface area contributed by atoms with E-state index in [-0.39, 0.29) is 11.6 Å². The first-order valence-electron chi connectivity index (χ1n) is 5.89. The van der Waals surface area contributed by atoms with Gasteiger partial charge >= 0.3 is 0 Å². The van der Waals surface area contributed by atoms with Crippen molar-refractivity contribution in [1.82, 2.24) is 4.98 Å². The van der Waals surface area contributed by atoms with Gasteiger partial charge in [-0.3, -0.25) is 4.79 Å². The van der Waals surface area contributed by atoms with Crippen LogP contribution < -0.4 is 16.0 Å². The highest BCUT2D eigenvalue weighted by molar-refractivity contribution is 7.18. The molecule has 1 aromatic heterocycles. The van der Waals surface area contributed by atoms with Crippen LogP contribution in [-0.2, 0) is 0 Å². The van der Waals surface area contributed by atoms with Gasteiger partial charge in [0.1, 0.15) is 16.5 Å². The van der Waals surface area contributed by atoms with Crippen molar-refractivity contribution in [3.8, 4) is 0 Å². The quantitative estimate of drug-likeness (QED) is 0.912. The van der Waals surface area contributed by atoms with E-state index in [0.717, 1.165) is 0 Å². The summed E-state index contributed by atoms with van der Waals surface area (Å²) in [6.45, 7) is 1.66. The zero-order valence-corrected chi connectivity index (χ0v) is 12.2. The number of nitrogen functional groups attached to an aromatic ring is 1. The van der Waals surface area contributed by atoms with Crippen LogP contribution in [0, 0.1) is 12.7 Å². The number of aromatic nitrogens is 1. The van der Waals surface area contributed by atoms with E-state index < -0.39 is 5.91 Å². The number of carbonyl (C=O) groups excluding carboxylic acids is 1. The van der Waals surface area contributed by atoms with Crippen molar-refractivity contribution in [1.29, 1.82) is 0 Å². The summed E-state index contributed by atoms with van der Waals surface area (Å²) >= 11 is 1.19. The molecule has 0 bridgehead atoms. The van der Waals surface area contributed by atoms with E-state index in [1.54, 1.807) is 24.0 Å². The summed E-state index contributed by atoms with van der Waals surface area (Å²) in [5.74, 6) is -0.589. The van der Waals surface area contributed by atoms with Crippen molar-refractivity contribution in [2.24, 2.45) is 0 Å². The van der Waals surface area contributed by atoms with Crippen molar-refractivity contribution >= 4 is 33.9 Å². The molecule has 0 radical (unpaired) electrons. The van der Waals surface area contributed by atoms with Crippen molar-refractivity contribution in [2.75, 3.05) is 30.0 Å². The molecule has 1 aromatic carbocycles. The van der Waals surface area contributed by atoms with Gasteiger partial charge in [-0.05, 0) is 24.6 Å². The molecule has 7 heteroatoms. The minimum atomic E-state index is -0.392. The van der Waals surface area contributed by atoms with Gasteiger partial charge in [0, 0.05) is 19.8 Å². The number of thiazole rings is 1. The normalized spacial score (nSPS) is 10.4. The average Bonchev–Trinajstić information content (AvgIpc) is 2.76. The first kappa shape index (κ1) is 14.3. The van der Waals surface area contributed by atoms with E-state index in [1.165, 1.54) is 17.4 Å². The Morgan fingerprint density at radius 1 is 1.45 bits per heavy atom. The first-order valence-corrected chi connectivity index (χ1v) is 6.71. The number of hydrogen-bond acceptors (Lipinski definition) is 5. The first-order chi connectivity index (χ1) is 9.38. The van der Waals surface area contributed by atoms with Crippen LogP contribution in [0.1, 0.15) is 15.2 Å². The van der Waals surface area contributed by atoms with Gasteiger partial charge in [0.05, 0.1) is 0 Å². The SMILES string of the molecule is Cc1ccc(NC(=O)c2sc(N(C)C)nc2N)cc1F. The Kier molecular flexibility index (Phi) is 3.89. The molecule has 1 heterocycles. The molecule has 0 saturated carbocycles. The van der Waals surface area contributed by atoms with Crippen LogP contribution in [0.2, 0.25) is 0 Å². The number of anilines is 3. The van der Waals surface area contributed by atoms with Crippen molar-refractivity contribution in [3.63, 3.8) is 0 Å². The lowest BCUT2D eigenvalue weighted by Crippen LogP contribution is -2.12. The molecule has 0 unspecified atom stereocenters. The molecule has 0 aliphatic heterocycles. The van der Waals surface area contributed by atoms with Crippen molar-refractivity contribution < 1.29 is 9.18 Å². The number of rotatable bonds is 3. The molecule has 106 valence electrons. The molecule has 0 saturated heterocycles. The van der Waals surface area contributed by atoms with E-state index >= 15 is 0 Å². The molecular weight excluding hydrogens is 279 g/mol. The Hall–Kier alpha value is -2.15. The summed E-state index contributed by atoms with van der Waals surface area (Å²) < 4.78 is 13.4. The van der Waals surface area contributed by atoms with Crippen molar-refractivity contribution in [2.45, 2.75) is 6.92 Å². The molecule has 0 aliphatic carbocycles. The maximum absolute atomic E-state index is 13.4. The zero-order chi connectivity index (χ0) is 14.9. The highest BCUT2D eigenvalue weighted by atomic mass is 32.1. The van der Waals surface area contributed by atoms with Gasteiger partial charge in [-0.2, -0.15) is 0 Å². The van der Waals surface area contributed by atoms with Gasteiger partial charge in [-0.15, -0.1) is 0 Å². The summed E-state index contributed by atoms with van der Waals surface area (Å²) in [6, 6.07) is 4.52. The number of hydrogen-bond donors (Lipinski definition) is 2. The van der Waals surface area contributed by atoms with Gasteiger partial charge in [-0.25, -0.2) is 9.37 Å². The molecule has 2 aromatic rings. The molecule has 5 nitrogen and oxygen atoms in total. The monoisotopic (exact) mass is 294 g/mol. The zero-order valence-electron chi connectivity index (χ0n) is 11.4. The van der Waals surface area contributed by atoms with Gasteiger partial charge < -0.3 is 16.0 Å². The molecule has 0 aliphatic rings. The number of carbonyl (C=O) groups is 1. The average molecular weight is 294 g/mol. The summed E-state index contributed by atoms with van der Waals surface area (Å²) in [4.78, 5) is 18.3. The summed E-state index contributed by atoms with van der Waals surface area (Å²) in [5.41, 5.74) is 6.64. The minimum absolute atomic E-state index is 0.170. The second-order valence-electron chi connectivity index (χ2n) is 4.52. The number of aryl methyl sites for hydroxylation is 1. The fourth-order valence-electron chi connectivity index (χ4n) is 1.53. The van der Waals surface area contributed by atoms with Crippen LogP contribution in [0.4, 0.5) is 21.0 Å². The molecule has 3 N–H and O–H groups in total. The Morgan fingerprint density at radius 3 is 2.70 bits per heavy atom. The number of amides is 1. The highest BCUT2D eigenvalue weighted by Crippen LogP contribution is 2.27. The topological polar surface area (TPSA) is 71.2 Å². The fourth-order valence-corrected chi connectivity index (χ4v) is 2.34. The smallest absolute Gasteiger partial charge is 0.269 e. The number of benzene rings is 1. The summed E-state index contributed by atoms with van der Waals surface area (Å²) in [5, 5.41) is 3.25. The molecule has 0 fully saturated rings. The Bertz CT molecular complexity index is 654. The lowest BCUT2D eigenvalue weighted by Gasteiger charge is -2.06. The highest BCUT2D eigenvalue weighted by Gasteiger charge is 2.17. The molecule has 0 atom stereocenters. The third kappa shape index (κ3) is 2.88. The van der Waals surface area contributed by atoms with E-state index in [1.807, 2.05) is 14.1 Å². The standard InChI is InChI=1S/C13H15FN4OS/c1-7-4-5-8(6-9(7)14)16-12(19)10-11(15)17-13(20-10)18(2)3/h4-6H,15H2,1-3H3,(H,16,19). The molecular formula is C13H15FN4OS. The number of nitrogens with zero attached hydrogens (tertiary/aromatic N) is 2. The third-order valence-electron chi connectivity index (χ3n) is 2.66. The largest absolute Gasteiger partial charge is 0.382 e. The Balaban J connectivity index is 2.21. The Labute approximate surface area is 120 Å². The van der Waals surface area contributed by atoms with Gasteiger partial charge in [-0.1, -0.05) is 17.4 Å². The number of halogens is 1. The van der Waals surface area contributed by atoms with E-state index in [0.29, 0.717) is 21.3 Å². The van der Waals surface area contributed by atoms with Crippen LogP contribution in [-0.4, -0.2) is 25.0 Å². The van der Waals surface area contributed by atoms with E-state index in [4.69, 9.17) is 5.73 Å². The summed E-state index contributed by atoms with van der Waals surface area (Å²) in [6.07, 6.45) is 0. The minimum Gasteiger partial charge on any atom is -0.382 e. The lowest BCUT2D eigenvalue weighted by molar-refractivity contribution is 0.103.